The molecule has 1 amide bonds. The molecule has 1 saturated heterocycles. The van der Waals surface area contributed by atoms with Crippen LogP contribution in [0.3, 0.4) is 0 Å². The van der Waals surface area contributed by atoms with E-state index in [0.29, 0.717) is 40.6 Å². The molecule has 0 radical (unpaired) electrons. The summed E-state index contributed by atoms with van der Waals surface area (Å²) in [5.74, 6) is 0.209. The minimum absolute atomic E-state index is 0.00536. The van der Waals surface area contributed by atoms with E-state index in [1.807, 2.05) is 47.7 Å². The number of rotatable bonds is 6. The first-order chi connectivity index (χ1) is 24.4. The number of hydrogen-bond donors (Lipinski definition) is 5. The number of H-pyrrole nitrogens is 2. The summed E-state index contributed by atoms with van der Waals surface area (Å²) in [5.41, 5.74) is 8.17. The SMILES string of the molecule is CN1CCN(C(=O)c2cc3c(Nc4ccc5c(c4)C=NC5)ncnc3[nH]2)CC1.O=C(O)c1cc2c(Nc3ccc4c(c3)C=NC4)ncnc2[nH]1. The van der Waals surface area contributed by atoms with Gasteiger partial charge in [0.15, 0.2) is 0 Å². The second-order valence-electron chi connectivity index (χ2n) is 12.3. The Morgan fingerprint density at radius 2 is 1.22 bits per heavy atom. The summed E-state index contributed by atoms with van der Waals surface area (Å²) in [4.78, 5) is 59.4. The maximum Gasteiger partial charge on any atom is 0.352 e. The van der Waals surface area contributed by atoms with Crippen LogP contribution in [0.2, 0.25) is 0 Å². The number of anilines is 4. The van der Waals surface area contributed by atoms with Crippen LogP contribution in [0, 0.1) is 0 Å². The number of likely N-dealkylation sites (N-methyl/N-ethyl adjacent to an activating group) is 1. The van der Waals surface area contributed by atoms with Crippen molar-refractivity contribution in [3.05, 3.63) is 94.8 Å². The van der Waals surface area contributed by atoms with Crippen molar-refractivity contribution < 1.29 is 14.7 Å². The fourth-order valence-electron chi connectivity index (χ4n) is 6.12. The number of nitrogens with zero attached hydrogens (tertiary/aromatic N) is 8. The first-order valence-electron chi connectivity index (χ1n) is 16.1. The summed E-state index contributed by atoms with van der Waals surface area (Å²) in [6.07, 6.45) is 6.62. The number of fused-ring (bicyclic) bond motifs is 4. The highest BCUT2D eigenvalue weighted by Crippen LogP contribution is 2.28. The number of benzene rings is 2. The molecule has 3 aliphatic rings. The molecule has 0 aliphatic carbocycles. The van der Waals surface area contributed by atoms with Gasteiger partial charge in [-0.05, 0) is 65.7 Å². The molecular weight excluding hydrogens is 636 g/mol. The number of aromatic nitrogens is 6. The van der Waals surface area contributed by atoms with Gasteiger partial charge in [0.05, 0.1) is 23.9 Å². The molecule has 0 spiro atoms. The number of aromatic amines is 2. The predicted octanol–water partition coefficient (Wildman–Crippen LogP) is 4.35. The van der Waals surface area contributed by atoms with Gasteiger partial charge in [-0.25, -0.2) is 24.7 Å². The van der Waals surface area contributed by atoms with Gasteiger partial charge in [-0.1, -0.05) is 12.1 Å². The molecule has 15 nitrogen and oxygen atoms in total. The zero-order valence-electron chi connectivity index (χ0n) is 27.0. The van der Waals surface area contributed by atoms with Crippen LogP contribution in [-0.4, -0.2) is 102 Å². The lowest BCUT2D eigenvalue weighted by molar-refractivity contribution is 0.0657. The second-order valence-corrected chi connectivity index (χ2v) is 12.3. The number of aliphatic imine (C=N–C) groups is 2. The van der Waals surface area contributed by atoms with Crippen molar-refractivity contribution in [1.82, 2.24) is 39.7 Å². The van der Waals surface area contributed by atoms with Crippen LogP contribution < -0.4 is 10.6 Å². The molecule has 2 aromatic carbocycles. The standard InChI is InChI=1S/C20H21N7O.C15H11N5O2/c1-26-4-6-27(7-5-26)20(28)17-9-16-18(22-12-23-19(16)25-17)24-15-3-2-13-10-21-11-14(13)8-15;21-15(22)12-4-11-13(17-7-18-14(11)20-12)19-10-2-1-8-5-16-6-9(8)3-10/h2-3,8-9,11-12H,4-7,10H2,1H3,(H2,22,23,24,25);1-4,6-7H,5H2,(H,21,22)(H2,17,18,19,20). The molecule has 5 N–H and O–H groups in total. The topological polar surface area (TPSA) is 193 Å². The summed E-state index contributed by atoms with van der Waals surface area (Å²) < 4.78 is 0. The molecule has 0 atom stereocenters. The van der Waals surface area contributed by atoms with Gasteiger partial charge in [0.25, 0.3) is 5.91 Å². The van der Waals surface area contributed by atoms with Crippen molar-refractivity contribution in [3.63, 3.8) is 0 Å². The summed E-state index contributed by atoms with van der Waals surface area (Å²) >= 11 is 0. The molecular formula is C35H32N12O3. The van der Waals surface area contributed by atoms with Gasteiger partial charge in [-0.15, -0.1) is 0 Å². The average Bonchev–Trinajstić information content (AvgIpc) is 3.94. The van der Waals surface area contributed by atoms with Gasteiger partial charge < -0.3 is 35.5 Å². The minimum Gasteiger partial charge on any atom is -0.477 e. The molecule has 4 aromatic heterocycles. The molecule has 3 aliphatic heterocycles. The Balaban J connectivity index is 0.000000149. The van der Waals surface area contributed by atoms with Gasteiger partial charge in [-0.2, -0.15) is 0 Å². The Bertz CT molecular complexity index is 2330. The zero-order valence-corrected chi connectivity index (χ0v) is 27.0. The second kappa shape index (κ2) is 12.9. The van der Waals surface area contributed by atoms with Crippen LogP contribution >= 0.6 is 0 Å². The van der Waals surface area contributed by atoms with Crippen molar-refractivity contribution in [2.24, 2.45) is 9.98 Å². The van der Waals surface area contributed by atoms with Crippen LogP contribution in [0.25, 0.3) is 22.1 Å². The first-order valence-corrected chi connectivity index (χ1v) is 16.1. The van der Waals surface area contributed by atoms with Crippen molar-refractivity contribution in [1.29, 1.82) is 0 Å². The molecule has 0 saturated carbocycles. The number of aromatic carboxylic acids is 1. The van der Waals surface area contributed by atoms with Crippen molar-refractivity contribution in [2.75, 3.05) is 43.9 Å². The number of carbonyl (C=O) groups is 2. The van der Waals surface area contributed by atoms with Crippen LogP contribution in [0.1, 0.15) is 43.2 Å². The van der Waals surface area contributed by atoms with Crippen LogP contribution in [0.4, 0.5) is 23.0 Å². The summed E-state index contributed by atoms with van der Waals surface area (Å²) in [6, 6.07) is 15.5. The van der Waals surface area contributed by atoms with Crippen molar-refractivity contribution in [2.45, 2.75) is 13.1 Å². The maximum atomic E-state index is 12.9. The maximum absolute atomic E-state index is 12.9. The molecule has 50 heavy (non-hydrogen) atoms. The quantitative estimate of drug-likeness (QED) is 0.170. The van der Waals surface area contributed by atoms with E-state index < -0.39 is 5.97 Å². The number of amides is 1. The van der Waals surface area contributed by atoms with Crippen LogP contribution in [0.15, 0.2) is 71.2 Å². The minimum atomic E-state index is -1.03. The van der Waals surface area contributed by atoms with Crippen molar-refractivity contribution >= 4 is 69.4 Å². The highest BCUT2D eigenvalue weighted by Gasteiger charge is 2.23. The van der Waals surface area contributed by atoms with E-state index >= 15 is 0 Å². The van der Waals surface area contributed by atoms with Crippen molar-refractivity contribution in [3.8, 4) is 0 Å². The third-order valence-electron chi connectivity index (χ3n) is 8.90. The first kappa shape index (κ1) is 30.8. The van der Waals surface area contributed by atoms with E-state index in [1.54, 1.807) is 0 Å². The highest BCUT2D eigenvalue weighted by atomic mass is 16.4. The fourth-order valence-corrected chi connectivity index (χ4v) is 6.12. The third-order valence-corrected chi connectivity index (χ3v) is 8.90. The number of carboxylic acids is 1. The molecule has 0 bridgehead atoms. The average molecular weight is 669 g/mol. The Morgan fingerprint density at radius 1 is 0.700 bits per heavy atom. The number of carboxylic acid groups (broad SMARTS) is 1. The molecule has 1 fully saturated rings. The molecule has 15 heteroatoms. The van der Waals surface area contributed by atoms with E-state index in [4.69, 9.17) is 5.11 Å². The highest BCUT2D eigenvalue weighted by molar-refractivity contribution is 6.01. The Labute approximate surface area is 285 Å². The summed E-state index contributed by atoms with van der Waals surface area (Å²) in [6.45, 7) is 4.70. The summed E-state index contributed by atoms with van der Waals surface area (Å²) in [5, 5.41) is 17.0. The lowest BCUT2D eigenvalue weighted by Crippen LogP contribution is -2.47. The largest absolute Gasteiger partial charge is 0.477 e. The Kier molecular flexibility index (Phi) is 7.92. The van der Waals surface area contributed by atoms with E-state index in [2.05, 4.69) is 74.6 Å². The van der Waals surface area contributed by atoms with E-state index in [0.717, 1.165) is 60.6 Å². The number of carbonyl (C=O) groups excluding carboxylic acids is 1. The smallest absolute Gasteiger partial charge is 0.352 e. The third kappa shape index (κ3) is 6.12. The van der Waals surface area contributed by atoms with Gasteiger partial charge in [0, 0.05) is 50.0 Å². The Hall–Kier alpha value is -6.48. The molecule has 7 heterocycles. The number of hydrogen-bond acceptors (Lipinski definition) is 11. The summed E-state index contributed by atoms with van der Waals surface area (Å²) in [7, 11) is 2.07. The molecule has 250 valence electrons. The molecule has 0 unspecified atom stereocenters. The van der Waals surface area contributed by atoms with E-state index in [9.17, 15) is 9.59 Å². The Morgan fingerprint density at radius 3 is 1.76 bits per heavy atom. The lowest BCUT2D eigenvalue weighted by Gasteiger charge is -2.32. The van der Waals surface area contributed by atoms with Crippen LogP contribution in [0.5, 0.6) is 0 Å². The van der Waals surface area contributed by atoms with Gasteiger partial charge in [0.1, 0.15) is 47.0 Å². The number of piperazine rings is 1. The predicted molar refractivity (Wildman–Crippen MR) is 190 cm³/mol. The van der Waals surface area contributed by atoms with E-state index in [-0.39, 0.29) is 11.6 Å². The van der Waals surface area contributed by atoms with Gasteiger partial charge in [-0.3, -0.25) is 14.8 Å². The fraction of sp³-hybridized carbons (Fsp3) is 0.200. The molecule has 6 aromatic rings. The number of nitrogens with one attached hydrogen (secondary N) is 4. The zero-order chi connectivity index (χ0) is 34.2. The van der Waals surface area contributed by atoms with Gasteiger partial charge in [0.2, 0.25) is 0 Å². The molecule has 9 rings (SSSR count). The van der Waals surface area contributed by atoms with Gasteiger partial charge >= 0.3 is 5.97 Å². The lowest BCUT2D eigenvalue weighted by atomic mass is 10.1. The van der Waals surface area contributed by atoms with Crippen LogP contribution in [-0.2, 0) is 13.1 Å². The normalized spacial score (nSPS) is 14.8. The monoisotopic (exact) mass is 668 g/mol. The van der Waals surface area contributed by atoms with E-state index in [1.165, 1.54) is 29.8 Å².